The smallest absolute Gasteiger partial charge is 0.315 e. The summed E-state index contributed by atoms with van der Waals surface area (Å²) in [5.74, 6) is 0.0193. The maximum Gasteiger partial charge on any atom is 0.315 e. The van der Waals surface area contributed by atoms with Crippen molar-refractivity contribution in [3.63, 3.8) is 0 Å². The number of nitrogens with zero attached hydrogens (tertiary/aromatic N) is 1. The Kier molecular flexibility index (Phi) is 5.55. The number of amides is 3. The summed E-state index contributed by atoms with van der Waals surface area (Å²) in [5.41, 5.74) is -0.0212. The minimum atomic E-state index is -0.242. The minimum absolute atomic E-state index is 0.0106. The molecular formula is C17H32N4O2. The van der Waals surface area contributed by atoms with Gasteiger partial charge < -0.3 is 20.9 Å². The molecule has 0 bridgehead atoms. The average molecular weight is 324 g/mol. The molecule has 0 aromatic rings. The molecule has 2 rings (SSSR count). The maximum absolute atomic E-state index is 12.1. The summed E-state index contributed by atoms with van der Waals surface area (Å²) in [7, 11) is 0. The van der Waals surface area contributed by atoms with Crippen LogP contribution in [0.2, 0.25) is 0 Å². The summed E-state index contributed by atoms with van der Waals surface area (Å²) in [6, 6.07) is -0.125. The number of likely N-dealkylation sites (tertiary alicyclic amines) is 1. The molecule has 0 aromatic carbocycles. The molecule has 23 heavy (non-hydrogen) atoms. The first kappa shape index (κ1) is 18.0. The Morgan fingerprint density at radius 2 is 1.61 bits per heavy atom. The third kappa shape index (κ3) is 5.68. The van der Waals surface area contributed by atoms with Crippen LogP contribution in [0, 0.1) is 0 Å². The predicted octanol–water partition coefficient (Wildman–Crippen LogP) is 1.61. The van der Waals surface area contributed by atoms with Crippen LogP contribution < -0.4 is 16.0 Å². The zero-order valence-corrected chi connectivity index (χ0v) is 15.0. The lowest BCUT2D eigenvalue weighted by atomic mass is 9.80. The van der Waals surface area contributed by atoms with Gasteiger partial charge in [-0.2, -0.15) is 0 Å². The molecule has 3 amide bonds. The molecule has 2 saturated heterocycles. The molecule has 6 nitrogen and oxygen atoms in total. The van der Waals surface area contributed by atoms with Crippen molar-refractivity contribution in [3.05, 3.63) is 0 Å². The fourth-order valence-corrected chi connectivity index (χ4v) is 4.07. The number of hydrogen-bond acceptors (Lipinski definition) is 3. The standard InChI is InChI=1S/C17H32N4O2/c1-16(2)10-13(11-17(3,4)20-16)19-15(23)18-12-14(22)21-8-6-5-7-9-21/h13,20H,5-12H2,1-4H3,(H2,18,19,23). The van der Waals surface area contributed by atoms with E-state index in [9.17, 15) is 9.59 Å². The van der Waals surface area contributed by atoms with Crippen LogP contribution in [-0.4, -0.2) is 53.6 Å². The third-order valence-corrected chi connectivity index (χ3v) is 4.63. The van der Waals surface area contributed by atoms with E-state index in [1.54, 1.807) is 0 Å². The lowest BCUT2D eigenvalue weighted by Crippen LogP contribution is -2.63. The third-order valence-electron chi connectivity index (χ3n) is 4.63. The van der Waals surface area contributed by atoms with Crippen molar-refractivity contribution in [3.8, 4) is 0 Å². The largest absolute Gasteiger partial charge is 0.341 e. The van der Waals surface area contributed by atoms with Crippen LogP contribution >= 0.6 is 0 Å². The second kappa shape index (κ2) is 7.07. The number of piperidine rings is 2. The number of urea groups is 1. The Bertz CT molecular complexity index is 426. The summed E-state index contributed by atoms with van der Waals surface area (Å²) in [5, 5.41) is 9.34. The topological polar surface area (TPSA) is 73.5 Å². The number of carbonyl (C=O) groups excluding carboxylic acids is 2. The molecule has 0 atom stereocenters. The lowest BCUT2D eigenvalue weighted by molar-refractivity contribution is -0.130. The zero-order chi connectivity index (χ0) is 17.1. The molecule has 0 aliphatic carbocycles. The van der Waals surface area contributed by atoms with E-state index in [2.05, 4.69) is 43.6 Å². The Morgan fingerprint density at radius 3 is 2.17 bits per heavy atom. The Labute approximate surface area is 139 Å². The molecular weight excluding hydrogens is 292 g/mol. The molecule has 3 N–H and O–H groups in total. The van der Waals surface area contributed by atoms with E-state index in [0.717, 1.165) is 38.8 Å². The molecule has 0 spiro atoms. The van der Waals surface area contributed by atoms with Crippen molar-refractivity contribution in [1.29, 1.82) is 0 Å². The van der Waals surface area contributed by atoms with Crippen LogP contribution in [0.1, 0.15) is 59.8 Å². The van der Waals surface area contributed by atoms with Gasteiger partial charge in [0.05, 0.1) is 6.54 Å². The first-order valence-electron chi connectivity index (χ1n) is 8.78. The number of rotatable bonds is 3. The van der Waals surface area contributed by atoms with Crippen LogP contribution in [0.4, 0.5) is 4.79 Å². The molecule has 0 saturated carbocycles. The molecule has 132 valence electrons. The van der Waals surface area contributed by atoms with Crippen molar-refractivity contribution in [2.24, 2.45) is 0 Å². The van der Waals surface area contributed by atoms with Crippen LogP contribution in [0.3, 0.4) is 0 Å². The van der Waals surface area contributed by atoms with E-state index in [1.807, 2.05) is 4.90 Å². The van der Waals surface area contributed by atoms with E-state index < -0.39 is 0 Å². The van der Waals surface area contributed by atoms with Crippen LogP contribution in [-0.2, 0) is 4.79 Å². The fourth-order valence-electron chi connectivity index (χ4n) is 4.07. The van der Waals surface area contributed by atoms with Gasteiger partial charge in [0.2, 0.25) is 5.91 Å². The van der Waals surface area contributed by atoms with Crippen LogP contribution in [0.5, 0.6) is 0 Å². The molecule has 0 aromatic heterocycles. The number of hydrogen-bond donors (Lipinski definition) is 3. The van der Waals surface area contributed by atoms with Gasteiger partial charge in [-0.05, 0) is 59.8 Å². The van der Waals surface area contributed by atoms with Crippen molar-refractivity contribution in [2.45, 2.75) is 76.9 Å². The van der Waals surface area contributed by atoms with Gasteiger partial charge in [-0.3, -0.25) is 4.79 Å². The van der Waals surface area contributed by atoms with Crippen molar-refractivity contribution in [2.75, 3.05) is 19.6 Å². The van der Waals surface area contributed by atoms with Gasteiger partial charge in [0.15, 0.2) is 0 Å². The second-order valence-corrected chi connectivity index (χ2v) is 8.27. The van der Waals surface area contributed by atoms with Crippen LogP contribution in [0.25, 0.3) is 0 Å². The molecule has 2 heterocycles. The van der Waals surface area contributed by atoms with Gasteiger partial charge in [0.25, 0.3) is 0 Å². The maximum atomic E-state index is 12.1. The summed E-state index contributed by atoms with van der Waals surface area (Å²) in [6.45, 7) is 10.3. The summed E-state index contributed by atoms with van der Waals surface area (Å²) < 4.78 is 0. The van der Waals surface area contributed by atoms with Crippen molar-refractivity contribution in [1.82, 2.24) is 20.9 Å². The highest BCUT2D eigenvalue weighted by Gasteiger charge is 2.38. The highest BCUT2D eigenvalue weighted by Crippen LogP contribution is 2.28. The van der Waals surface area contributed by atoms with Gasteiger partial charge in [-0.1, -0.05) is 0 Å². The average Bonchev–Trinajstić information content (AvgIpc) is 2.42. The molecule has 2 aliphatic rings. The lowest BCUT2D eigenvalue weighted by Gasteiger charge is -2.46. The number of nitrogens with one attached hydrogen (secondary N) is 3. The van der Waals surface area contributed by atoms with E-state index in [-0.39, 0.29) is 35.6 Å². The van der Waals surface area contributed by atoms with E-state index in [0.29, 0.717) is 0 Å². The Morgan fingerprint density at radius 1 is 1.04 bits per heavy atom. The fraction of sp³-hybridized carbons (Fsp3) is 0.882. The summed E-state index contributed by atoms with van der Waals surface area (Å²) >= 11 is 0. The monoisotopic (exact) mass is 324 g/mol. The van der Waals surface area contributed by atoms with Crippen molar-refractivity contribution < 1.29 is 9.59 Å². The van der Waals surface area contributed by atoms with E-state index in [1.165, 1.54) is 6.42 Å². The Hall–Kier alpha value is -1.30. The predicted molar refractivity (Wildman–Crippen MR) is 91.3 cm³/mol. The second-order valence-electron chi connectivity index (χ2n) is 8.27. The first-order chi connectivity index (χ1) is 10.7. The quantitative estimate of drug-likeness (QED) is 0.738. The van der Waals surface area contributed by atoms with Gasteiger partial charge >= 0.3 is 6.03 Å². The number of carbonyl (C=O) groups is 2. The minimum Gasteiger partial charge on any atom is -0.341 e. The first-order valence-corrected chi connectivity index (χ1v) is 8.78. The SMILES string of the molecule is CC1(C)CC(NC(=O)NCC(=O)N2CCCCC2)CC(C)(C)N1. The van der Waals surface area contributed by atoms with E-state index in [4.69, 9.17) is 0 Å². The van der Waals surface area contributed by atoms with Crippen molar-refractivity contribution >= 4 is 11.9 Å². The highest BCUT2D eigenvalue weighted by atomic mass is 16.2. The van der Waals surface area contributed by atoms with Gasteiger partial charge in [0.1, 0.15) is 0 Å². The van der Waals surface area contributed by atoms with E-state index >= 15 is 0 Å². The Balaban J connectivity index is 1.76. The molecule has 0 radical (unpaired) electrons. The van der Waals surface area contributed by atoms with Gasteiger partial charge in [-0.15, -0.1) is 0 Å². The van der Waals surface area contributed by atoms with Crippen LogP contribution in [0.15, 0.2) is 0 Å². The van der Waals surface area contributed by atoms with Gasteiger partial charge in [-0.25, -0.2) is 4.79 Å². The van der Waals surface area contributed by atoms with Gasteiger partial charge in [0, 0.05) is 30.2 Å². The summed E-state index contributed by atoms with van der Waals surface area (Å²) in [4.78, 5) is 26.0. The summed E-state index contributed by atoms with van der Waals surface area (Å²) in [6.07, 6.45) is 5.08. The highest BCUT2D eigenvalue weighted by molar-refractivity contribution is 5.84. The molecule has 6 heteroatoms. The molecule has 0 unspecified atom stereocenters. The molecule has 2 fully saturated rings. The normalized spacial score (nSPS) is 24.1. The molecule has 2 aliphatic heterocycles. The zero-order valence-electron chi connectivity index (χ0n) is 15.0.